The summed E-state index contributed by atoms with van der Waals surface area (Å²) in [5.41, 5.74) is 13.7. The van der Waals surface area contributed by atoms with E-state index in [1.54, 1.807) is 24.3 Å². The van der Waals surface area contributed by atoms with Gasteiger partial charge in [0.15, 0.2) is 0 Å². The minimum Gasteiger partial charge on any atom is -0.483 e. The monoisotopic (exact) mass is 334 g/mol. The SMILES string of the molecule is Cc1ccccc1N.Nc1cc[c-]cc1.O=CO.[Y]. The van der Waals surface area contributed by atoms with Gasteiger partial charge in [0.25, 0.3) is 6.47 Å². The molecule has 0 amide bonds. The van der Waals surface area contributed by atoms with Crippen LogP contribution in [0.25, 0.3) is 0 Å². The minimum atomic E-state index is -0.250. The third kappa shape index (κ3) is 11.4. The molecule has 99 valence electrons. The third-order valence-corrected chi connectivity index (χ3v) is 1.93. The van der Waals surface area contributed by atoms with E-state index in [0.29, 0.717) is 0 Å². The standard InChI is InChI=1S/C7H9N.C6H6N.CH2O2.Y/c1-6-4-2-3-5-7(6)8;7-6-4-2-1-3-5-6;2-1-3;/h2-5H,8H2,1H3;2-5H,7H2;1H,(H,2,3);/q;-1;;. The van der Waals surface area contributed by atoms with Gasteiger partial charge in [0.2, 0.25) is 0 Å². The number of carbonyl (C=O) groups is 1. The van der Waals surface area contributed by atoms with Crippen LogP contribution in [0.2, 0.25) is 0 Å². The van der Waals surface area contributed by atoms with Crippen LogP contribution in [0.1, 0.15) is 5.56 Å². The topological polar surface area (TPSA) is 89.3 Å². The van der Waals surface area contributed by atoms with Crippen molar-refractivity contribution in [3.63, 3.8) is 0 Å². The van der Waals surface area contributed by atoms with Gasteiger partial charge in [-0.3, -0.25) is 4.79 Å². The zero-order valence-corrected chi connectivity index (χ0v) is 13.6. The molecule has 2 rings (SSSR count). The van der Waals surface area contributed by atoms with E-state index in [-0.39, 0.29) is 39.2 Å². The van der Waals surface area contributed by atoms with Crippen molar-refractivity contribution >= 4 is 17.8 Å². The molecular formula is C14H17N2O2Y-. The van der Waals surface area contributed by atoms with E-state index in [0.717, 1.165) is 16.9 Å². The molecule has 0 aliphatic carbocycles. The molecule has 0 unspecified atom stereocenters. The normalized spacial score (nSPS) is 7.63. The summed E-state index contributed by atoms with van der Waals surface area (Å²) in [7, 11) is 0. The molecule has 0 aliphatic heterocycles. The molecule has 5 heteroatoms. The number of anilines is 2. The van der Waals surface area contributed by atoms with E-state index in [2.05, 4.69) is 6.07 Å². The van der Waals surface area contributed by atoms with Crippen molar-refractivity contribution in [2.45, 2.75) is 6.92 Å². The second-order valence-corrected chi connectivity index (χ2v) is 3.30. The molecule has 0 bridgehead atoms. The fourth-order valence-corrected chi connectivity index (χ4v) is 0.987. The Kier molecular flexibility index (Phi) is 13.7. The zero-order valence-electron chi connectivity index (χ0n) is 10.8. The summed E-state index contributed by atoms with van der Waals surface area (Å²) in [6.07, 6.45) is 0. The number of benzene rings is 2. The van der Waals surface area contributed by atoms with Crippen molar-refractivity contribution in [3.8, 4) is 0 Å². The van der Waals surface area contributed by atoms with Gasteiger partial charge in [0.05, 0.1) is 0 Å². The number of nitrogens with two attached hydrogens (primary N) is 2. The van der Waals surface area contributed by atoms with Crippen LogP contribution in [0.15, 0.2) is 48.5 Å². The minimum absolute atomic E-state index is 0. The van der Waals surface area contributed by atoms with Crippen LogP contribution in [-0.2, 0) is 37.5 Å². The predicted octanol–water partition coefficient (Wildman–Crippen LogP) is 2.34. The van der Waals surface area contributed by atoms with E-state index in [1.165, 1.54) is 0 Å². The van der Waals surface area contributed by atoms with Crippen LogP contribution >= 0.6 is 0 Å². The molecule has 2 aromatic carbocycles. The summed E-state index contributed by atoms with van der Waals surface area (Å²) in [5.74, 6) is 0. The summed E-state index contributed by atoms with van der Waals surface area (Å²) < 4.78 is 0. The van der Waals surface area contributed by atoms with Crippen molar-refractivity contribution in [2.24, 2.45) is 0 Å². The maximum absolute atomic E-state index is 8.36. The zero-order chi connectivity index (χ0) is 13.8. The Bertz CT molecular complexity index is 429. The van der Waals surface area contributed by atoms with Gasteiger partial charge < -0.3 is 16.6 Å². The molecule has 0 atom stereocenters. The van der Waals surface area contributed by atoms with Gasteiger partial charge in [-0.15, -0.1) is 12.1 Å². The quantitative estimate of drug-likeness (QED) is 0.392. The van der Waals surface area contributed by atoms with E-state index < -0.39 is 0 Å². The molecule has 1 radical (unpaired) electrons. The molecule has 0 fully saturated rings. The first-order valence-corrected chi connectivity index (χ1v) is 5.22. The smallest absolute Gasteiger partial charge is 0.290 e. The van der Waals surface area contributed by atoms with Crippen LogP contribution in [0.4, 0.5) is 11.4 Å². The first-order chi connectivity index (χ1) is 8.61. The van der Waals surface area contributed by atoms with Gasteiger partial charge in [0.1, 0.15) is 0 Å². The molecule has 0 saturated carbocycles. The van der Waals surface area contributed by atoms with E-state index in [4.69, 9.17) is 21.4 Å². The van der Waals surface area contributed by atoms with E-state index in [9.17, 15) is 0 Å². The summed E-state index contributed by atoms with van der Waals surface area (Å²) in [6.45, 7) is 1.75. The average Bonchev–Trinajstić information content (AvgIpc) is 2.36. The van der Waals surface area contributed by atoms with Gasteiger partial charge in [-0.25, -0.2) is 0 Å². The molecule has 0 aromatic heterocycles. The van der Waals surface area contributed by atoms with E-state index in [1.807, 2.05) is 31.2 Å². The number of rotatable bonds is 0. The molecule has 5 N–H and O–H groups in total. The first kappa shape index (κ1) is 19.9. The van der Waals surface area contributed by atoms with Gasteiger partial charge in [0, 0.05) is 38.4 Å². The van der Waals surface area contributed by atoms with Crippen molar-refractivity contribution in [2.75, 3.05) is 11.5 Å². The molecular weight excluding hydrogens is 317 g/mol. The van der Waals surface area contributed by atoms with E-state index >= 15 is 0 Å². The number of hydrogen-bond donors (Lipinski definition) is 3. The summed E-state index contributed by atoms with van der Waals surface area (Å²) >= 11 is 0. The number of para-hydroxylation sites is 1. The second-order valence-electron chi connectivity index (χ2n) is 3.30. The second kappa shape index (κ2) is 13.1. The van der Waals surface area contributed by atoms with Gasteiger partial charge >= 0.3 is 0 Å². The van der Waals surface area contributed by atoms with Crippen molar-refractivity contribution in [1.29, 1.82) is 0 Å². The maximum Gasteiger partial charge on any atom is 0.290 e. The average molecular weight is 334 g/mol. The van der Waals surface area contributed by atoms with Crippen LogP contribution in [0, 0.1) is 13.0 Å². The van der Waals surface area contributed by atoms with Crippen LogP contribution in [0.3, 0.4) is 0 Å². The molecule has 0 aliphatic rings. The van der Waals surface area contributed by atoms with Crippen molar-refractivity contribution < 1.29 is 42.6 Å². The Morgan fingerprint density at radius 3 is 1.84 bits per heavy atom. The number of carboxylic acid groups (broad SMARTS) is 1. The molecule has 0 saturated heterocycles. The Morgan fingerprint density at radius 1 is 1.11 bits per heavy atom. The Balaban J connectivity index is 0. The van der Waals surface area contributed by atoms with Gasteiger partial charge in [-0.2, -0.15) is 18.2 Å². The molecule has 0 spiro atoms. The number of nitrogen functional groups attached to an aromatic ring is 2. The Morgan fingerprint density at radius 2 is 1.58 bits per heavy atom. The predicted molar refractivity (Wildman–Crippen MR) is 74.0 cm³/mol. The molecule has 19 heavy (non-hydrogen) atoms. The molecule has 4 nitrogen and oxygen atoms in total. The van der Waals surface area contributed by atoms with Gasteiger partial charge in [-0.05, 0) is 18.6 Å². The summed E-state index contributed by atoms with van der Waals surface area (Å²) in [6, 6.07) is 17.8. The largest absolute Gasteiger partial charge is 0.483 e. The Labute approximate surface area is 138 Å². The molecule has 0 heterocycles. The van der Waals surface area contributed by atoms with Gasteiger partial charge in [-0.1, -0.05) is 23.9 Å². The first-order valence-electron chi connectivity index (χ1n) is 5.22. The summed E-state index contributed by atoms with van der Waals surface area (Å²) in [5, 5.41) is 6.89. The molecule has 2 aromatic rings. The fraction of sp³-hybridized carbons (Fsp3) is 0.0714. The number of hydrogen-bond acceptors (Lipinski definition) is 3. The maximum atomic E-state index is 8.36. The fourth-order valence-electron chi connectivity index (χ4n) is 0.987. The number of aryl methyl sites for hydroxylation is 1. The van der Waals surface area contributed by atoms with Crippen LogP contribution < -0.4 is 11.5 Å². The Hall–Kier alpha value is -1.39. The van der Waals surface area contributed by atoms with Crippen molar-refractivity contribution in [1.82, 2.24) is 0 Å². The third-order valence-electron chi connectivity index (χ3n) is 1.93. The summed E-state index contributed by atoms with van der Waals surface area (Å²) in [4.78, 5) is 8.36. The van der Waals surface area contributed by atoms with Crippen LogP contribution in [0.5, 0.6) is 0 Å². The van der Waals surface area contributed by atoms with Crippen molar-refractivity contribution in [3.05, 3.63) is 60.2 Å². The van der Waals surface area contributed by atoms with Crippen LogP contribution in [-0.4, -0.2) is 11.6 Å².